The zero-order chi connectivity index (χ0) is 30.1. The first-order chi connectivity index (χ1) is 20.8. The van der Waals surface area contributed by atoms with Crippen LogP contribution in [0.4, 0.5) is 0 Å². The Morgan fingerprint density at radius 2 is 1.81 bits per heavy atom. The van der Waals surface area contributed by atoms with Gasteiger partial charge in [0.2, 0.25) is 5.91 Å². The lowest BCUT2D eigenvalue weighted by atomic mass is 9.94. The summed E-state index contributed by atoms with van der Waals surface area (Å²) in [5, 5.41) is 13.7. The second kappa shape index (κ2) is 11.1. The first-order valence-corrected chi connectivity index (χ1v) is 13.2. The Hall–Kier alpha value is -6.04. The molecule has 4 N–H and O–H groups in total. The van der Waals surface area contributed by atoms with Crippen molar-refractivity contribution in [3.05, 3.63) is 106 Å². The quantitative estimate of drug-likeness (QED) is 0.225. The number of hydrogen-bond donors (Lipinski definition) is 3. The molecule has 0 aliphatic carbocycles. The highest BCUT2D eigenvalue weighted by molar-refractivity contribution is 6.01. The van der Waals surface area contributed by atoms with Gasteiger partial charge in [-0.1, -0.05) is 41.6 Å². The van der Waals surface area contributed by atoms with E-state index in [0.29, 0.717) is 52.6 Å². The van der Waals surface area contributed by atoms with Gasteiger partial charge < -0.3 is 15.6 Å². The second-order valence-corrected chi connectivity index (χ2v) is 9.59. The first kappa shape index (κ1) is 27.1. The van der Waals surface area contributed by atoms with E-state index in [9.17, 15) is 19.5 Å². The van der Waals surface area contributed by atoms with Crippen molar-refractivity contribution in [3.63, 3.8) is 0 Å². The highest BCUT2D eigenvalue weighted by Gasteiger charge is 2.19. The average Bonchev–Trinajstić information content (AvgIpc) is 3.60. The Morgan fingerprint density at radius 3 is 2.51 bits per heavy atom. The number of benzene rings is 3. The molecule has 0 atom stereocenters. The van der Waals surface area contributed by atoms with Crippen molar-refractivity contribution in [2.75, 3.05) is 6.61 Å². The fraction of sp³-hybridized carbons (Fsp3) is 0.0968. The predicted octanol–water partition coefficient (Wildman–Crippen LogP) is 4.35. The van der Waals surface area contributed by atoms with Crippen molar-refractivity contribution in [2.45, 2.75) is 13.5 Å². The lowest BCUT2D eigenvalue weighted by molar-refractivity contribution is 0.0698. The number of para-hydroxylation sites is 1. The molecular weight excluding hydrogens is 552 g/mol. The number of carboxylic acid groups (broad SMARTS) is 1. The van der Waals surface area contributed by atoms with E-state index in [2.05, 4.69) is 20.1 Å². The van der Waals surface area contributed by atoms with Crippen LogP contribution in [0.3, 0.4) is 0 Å². The van der Waals surface area contributed by atoms with E-state index >= 15 is 0 Å². The molecule has 3 aromatic heterocycles. The molecule has 6 aromatic rings. The molecule has 43 heavy (non-hydrogen) atoms. The minimum Gasteiger partial charge on any atom is -0.478 e. The van der Waals surface area contributed by atoms with Gasteiger partial charge in [-0.2, -0.15) is 4.98 Å². The van der Waals surface area contributed by atoms with E-state index < -0.39 is 17.6 Å². The third-order valence-electron chi connectivity index (χ3n) is 6.90. The van der Waals surface area contributed by atoms with Crippen LogP contribution in [0.2, 0.25) is 0 Å². The zero-order valence-electron chi connectivity index (χ0n) is 22.8. The number of nitrogens with one attached hydrogen (secondary N) is 1. The Bertz CT molecular complexity index is 2060. The molecule has 0 spiro atoms. The van der Waals surface area contributed by atoms with Gasteiger partial charge in [-0.05, 0) is 60.0 Å². The maximum absolute atomic E-state index is 12.0. The third kappa shape index (κ3) is 5.24. The molecule has 0 fully saturated rings. The van der Waals surface area contributed by atoms with Gasteiger partial charge in [-0.3, -0.25) is 23.9 Å². The zero-order valence-corrected chi connectivity index (χ0v) is 22.8. The third-order valence-corrected chi connectivity index (χ3v) is 6.90. The van der Waals surface area contributed by atoms with Gasteiger partial charge in [0.1, 0.15) is 0 Å². The van der Waals surface area contributed by atoms with Crippen molar-refractivity contribution < 1.29 is 24.0 Å². The van der Waals surface area contributed by atoms with Crippen molar-refractivity contribution in [2.24, 2.45) is 5.73 Å². The summed E-state index contributed by atoms with van der Waals surface area (Å²) in [6.45, 7) is 2.51. The van der Waals surface area contributed by atoms with Crippen LogP contribution >= 0.6 is 0 Å². The van der Waals surface area contributed by atoms with Crippen LogP contribution in [-0.2, 0) is 6.54 Å². The average molecular weight is 577 g/mol. The van der Waals surface area contributed by atoms with E-state index in [1.54, 1.807) is 47.0 Å². The number of ether oxygens (including phenoxy) is 1. The number of imidazole rings is 1. The standard InChI is InChI=1S/C31H24N6O6/c1-2-42-30-34-24-5-3-4-22(29(39)40)26(24)37(30)16-17-6-8-18(9-7-17)23-14-19(25-15-20(27(32)38)12-13-33-25)10-11-21(23)28-35-31(41)43-36-28/h3-15H,2,16H2,1H3,(H2,32,38)(H,39,40)(H,35,36,41). The number of aromatic carboxylic acids is 1. The number of fused-ring (bicyclic) bond motifs is 1. The van der Waals surface area contributed by atoms with Gasteiger partial charge in [0.05, 0.1) is 35.4 Å². The highest BCUT2D eigenvalue weighted by atomic mass is 16.5. The lowest BCUT2D eigenvalue weighted by Crippen LogP contribution is -2.11. The Labute approximate surface area is 243 Å². The number of carbonyl (C=O) groups excluding carboxylic acids is 1. The summed E-state index contributed by atoms with van der Waals surface area (Å²) in [6, 6.07) is 21.5. The van der Waals surface area contributed by atoms with Crippen LogP contribution in [0.5, 0.6) is 6.01 Å². The van der Waals surface area contributed by atoms with Gasteiger partial charge >= 0.3 is 11.7 Å². The summed E-state index contributed by atoms with van der Waals surface area (Å²) in [7, 11) is 0. The Kier molecular flexibility index (Phi) is 7.00. The maximum atomic E-state index is 12.0. The molecule has 0 saturated heterocycles. The fourth-order valence-corrected chi connectivity index (χ4v) is 4.93. The molecule has 0 aliphatic heterocycles. The molecule has 1 amide bonds. The highest BCUT2D eigenvalue weighted by Crippen LogP contribution is 2.34. The van der Waals surface area contributed by atoms with Gasteiger partial charge in [-0.15, -0.1) is 0 Å². The number of rotatable bonds is 9. The SMILES string of the molecule is CCOc1nc2cccc(C(=O)O)c2n1Cc1ccc(-c2cc(-c3cc(C(N)=O)ccn3)ccc2-c2noc(=O)[nH]2)cc1. The van der Waals surface area contributed by atoms with E-state index in [1.165, 1.54) is 6.20 Å². The van der Waals surface area contributed by atoms with Crippen LogP contribution < -0.4 is 16.2 Å². The molecule has 12 nitrogen and oxygen atoms in total. The molecule has 3 heterocycles. The summed E-state index contributed by atoms with van der Waals surface area (Å²) in [4.78, 5) is 47.0. The Morgan fingerprint density at radius 1 is 1.02 bits per heavy atom. The monoisotopic (exact) mass is 576 g/mol. The molecule has 0 aliphatic rings. The number of carbonyl (C=O) groups is 2. The van der Waals surface area contributed by atoms with Crippen molar-refractivity contribution in [1.29, 1.82) is 0 Å². The second-order valence-electron chi connectivity index (χ2n) is 9.59. The molecule has 0 unspecified atom stereocenters. The van der Waals surface area contributed by atoms with E-state index in [1.807, 2.05) is 37.3 Å². The number of nitrogens with two attached hydrogens (primary N) is 1. The number of amides is 1. The number of pyridine rings is 1. The van der Waals surface area contributed by atoms with E-state index in [-0.39, 0.29) is 11.4 Å². The predicted molar refractivity (Wildman–Crippen MR) is 157 cm³/mol. The number of H-pyrrole nitrogens is 1. The van der Waals surface area contributed by atoms with Gasteiger partial charge in [-0.25, -0.2) is 9.59 Å². The largest absolute Gasteiger partial charge is 0.478 e. The topological polar surface area (TPSA) is 179 Å². The molecule has 214 valence electrons. The smallest absolute Gasteiger partial charge is 0.439 e. The number of carboxylic acids is 1. The first-order valence-electron chi connectivity index (χ1n) is 13.2. The summed E-state index contributed by atoms with van der Waals surface area (Å²) in [6.07, 6.45) is 1.51. The Balaban J connectivity index is 1.42. The normalized spacial score (nSPS) is 11.1. The number of aromatic nitrogens is 5. The van der Waals surface area contributed by atoms with E-state index in [4.69, 9.17) is 15.0 Å². The van der Waals surface area contributed by atoms with Crippen LogP contribution in [0.15, 0.2) is 88.3 Å². The van der Waals surface area contributed by atoms with Crippen molar-refractivity contribution >= 4 is 22.9 Å². The number of hydrogen-bond acceptors (Lipinski definition) is 8. The summed E-state index contributed by atoms with van der Waals surface area (Å²) >= 11 is 0. The minimum absolute atomic E-state index is 0.129. The number of primary amides is 1. The van der Waals surface area contributed by atoms with Crippen LogP contribution in [-0.4, -0.2) is 48.3 Å². The van der Waals surface area contributed by atoms with Gasteiger partial charge in [0.15, 0.2) is 5.82 Å². The lowest BCUT2D eigenvalue weighted by Gasteiger charge is -2.13. The molecule has 0 saturated carbocycles. The molecule has 6 rings (SSSR count). The summed E-state index contributed by atoms with van der Waals surface area (Å²) in [5.74, 6) is -2.05. The number of nitrogens with zero attached hydrogens (tertiary/aromatic N) is 4. The van der Waals surface area contributed by atoms with E-state index in [0.717, 1.165) is 16.7 Å². The van der Waals surface area contributed by atoms with Crippen LogP contribution in [0.25, 0.3) is 44.8 Å². The van der Waals surface area contributed by atoms with Crippen molar-refractivity contribution in [1.82, 2.24) is 24.7 Å². The minimum atomic E-state index is -1.06. The van der Waals surface area contributed by atoms with Gasteiger partial charge in [0, 0.05) is 22.9 Å². The molecular formula is C31H24N6O6. The summed E-state index contributed by atoms with van der Waals surface area (Å²) < 4.78 is 12.2. The van der Waals surface area contributed by atoms with Gasteiger partial charge in [0.25, 0.3) is 6.01 Å². The molecule has 0 bridgehead atoms. The number of aromatic amines is 1. The van der Waals surface area contributed by atoms with Crippen molar-refractivity contribution in [3.8, 4) is 39.8 Å². The van der Waals surface area contributed by atoms with Crippen LogP contribution in [0.1, 0.15) is 33.2 Å². The maximum Gasteiger partial charge on any atom is 0.439 e. The van der Waals surface area contributed by atoms with Crippen LogP contribution in [0, 0.1) is 0 Å². The fourth-order valence-electron chi connectivity index (χ4n) is 4.93. The summed E-state index contributed by atoms with van der Waals surface area (Å²) in [5.41, 5.74) is 11.2. The molecule has 12 heteroatoms. The molecule has 3 aromatic carbocycles. The molecule has 0 radical (unpaired) electrons.